The molecule has 0 radical (unpaired) electrons. The van der Waals surface area contributed by atoms with Gasteiger partial charge >= 0.3 is 0 Å². The number of pyridine rings is 2. The van der Waals surface area contributed by atoms with E-state index < -0.39 is 0 Å². The molecule has 1 aliphatic carbocycles. The Bertz CT molecular complexity index is 7170. The first-order valence-electron chi connectivity index (χ1n) is 37.0. The van der Waals surface area contributed by atoms with Gasteiger partial charge in [-0.1, -0.05) is 317 Å². The monoisotopic (exact) mass is 1410 g/mol. The second-order valence-corrected chi connectivity index (χ2v) is 28.4. The van der Waals surface area contributed by atoms with Gasteiger partial charge in [0.15, 0.2) is 29.1 Å². The average molecular weight is 1410 g/mol. The minimum absolute atomic E-state index is 0.0793. The van der Waals surface area contributed by atoms with E-state index in [0.717, 1.165) is 160 Å². The van der Waals surface area contributed by atoms with E-state index in [1.165, 1.54) is 22.3 Å². The van der Waals surface area contributed by atoms with E-state index >= 15 is 0 Å². The van der Waals surface area contributed by atoms with Crippen molar-refractivity contribution in [1.29, 1.82) is 0 Å². The first kappa shape index (κ1) is 63.8. The zero-order chi connectivity index (χ0) is 73.0. The minimum atomic E-state index is -0.0793. The lowest BCUT2D eigenvalue weighted by Gasteiger charge is -2.21. The van der Waals surface area contributed by atoms with Crippen LogP contribution in [0.25, 0.3) is 206 Å². The largest absolute Gasteiger partial charge is 0.455 e. The Morgan fingerprint density at radius 3 is 1.06 bits per heavy atom. The summed E-state index contributed by atoms with van der Waals surface area (Å²) in [6.45, 7) is 4.59. The van der Waals surface area contributed by atoms with E-state index in [0.29, 0.717) is 35.1 Å². The number of hydrogen-bond donors (Lipinski definition) is 0. The summed E-state index contributed by atoms with van der Waals surface area (Å²) in [5.41, 5.74) is 25.0. The van der Waals surface area contributed by atoms with E-state index in [-0.39, 0.29) is 5.41 Å². The Balaban J connectivity index is 0.000000140. The van der Waals surface area contributed by atoms with Gasteiger partial charge in [0.25, 0.3) is 0 Å². The Labute approximate surface area is 631 Å². The molecule has 0 atom stereocenters. The number of hydrogen-bond acceptors (Lipinski definition) is 10. The molecule has 11 nitrogen and oxygen atoms in total. The second-order valence-electron chi connectivity index (χ2n) is 28.4. The van der Waals surface area contributed by atoms with Crippen molar-refractivity contribution in [1.82, 2.24) is 44.4 Å². The molecule has 0 saturated heterocycles. The SMILES string of the molecule is CC1(C)c2ccccc2-c2cc(-c3nc(-c4ccccc4)nc(-c4ccc(-c5nc6cccc(-c7ccccc7)c6c6oc7ccccc7c56)cc4)n3)ccc21.c1ccc(-c2nc(-c3ccc(-c4nc5cccc(-c6ccccc6)c5c5oc6ccccc6c45)cc3)nc(-n3c4ccccc4c4ccccc43)n2)cc1. The predicted octanol–water partition coefficient (Wildman–Crippen LogP) is 25.0. The highest BCUT2D eigenvalue weighted by Crippen LogP contribution is 2.51. The zero-order valence-corrected chi connectivity index (χ0v) is 59.8. The van der Waals surface area contributed by atoms with Crippen LogP contribution in [0.2, 0.25) is 0 Å². The van der Waals surface area contributed by atoms with Crippen LogP contribution in [0, 0.1) is 0 Å². The van der Waals surface area contributed by atoms with Crippen LogP contribution in [-0.2, 0) is 5.41 Å². The summed E-state index contributed by atoms with van der Waals surface area (Å²) >= 11 is 0. The number of furan rings is 2. The molecular formula is C99H63N9O2. The van der Waals surface area contributed by atoms with E-state index in [4.69, 9.17) is 48.7 Å². The van der Waals surface area contributed by atoms with Crippen molar-refractivity contribution in [2.45, 2.75) is 19.3 Å². The van der Waals surface area contributed by atoms with Crippen LogP contribution in [0.15, 0.2) is 355 Å². The van der Waals surface area contributed by atoms with Gasteiger partial charge in [-0.05, 0) is 87.0 Å². The lowest BCUT2D eigenvalue weighted by Crippen LogP contribution is -2.14. The summed E-state index contributed by atoms with van der Waals surface area (Å²) in [7, 11) is 0. The lowest BCUT2D eigenvalue weighted by molar-refractivity contribution is 0.660. The fourth-order valence-electron chi connectivity index (χ4n) is 16.4. The maximum Gasteiger partial charge on any atom is 0.238 e. The van der Waals surface area contributed by atoms with Gasteiger partial charge in [0.2, 0.25) is 5.95 Å². The third-order valence-electron chi connectivity index (χ3n) is 21.6. The van der Waals surface area contributed by atoms with Crippen LogP contribution in [0.3, 0.4) is 0 Å². The van der Waals surface area contributed by atoms with E-state index in [1.54, 1.807) is 0 Å². The minimum Gasteiger partial charge on any atom is -0.455 e. The molecule has 0 unspecified atom stereocenters. The quantitative estimate of drug-likeness (QED) is 0.130. The van der Waals surface area contributed by atoms with Gasteiger partial charge in [-0.2, -0.15) is 9.97 Å². The van der Waals surface area contributed by atoms with Crippen molar-refractivity contribution in [2.75, 3.05) is 0 Å². The summed E-state index contributed by atoms with van der Waals surface area (Å²) in [6, 6.07) is 119. The highest BCUT2D eigenvalue weighted by atomic mass is 16.3. The number of para-hydroxylation sites is 4. The van der Waals surface area contributed by atoms with E-state index in [9.17, 15) is 0 Å². The smallest absolute Gasteiger partial charge is 0.238 e. The molecule has 0 bridgehead atoms. The van der Waals surface area contributed by atoms with Gasteiger partial charge in [0.05, 0.1) is 55.0 Å². The van der Waals surface area contributed by atoms with Crippen molar-refractivity contribution in [3.63, 3.8) is 0 Å². The Morgan fingerprint density at radius 2 is 0.591 bits per heavy atom. The maximum atomic E-state index is 6.69. The average Bonchev–Trinajstić information content (AvgIpc) is 1.51. The number of rotatable bonds is 10. The van der Waals surface area contributed by atoms with Crippen molar-refractivity contribution >= 4 is 87.5 Å². The van der Waals surface area contributed by atoms with Gasteiger partial charge in [0, 0.05) is 65.9 Å². The van der Waals surface area contributed by atoms with Gasteiger partial charge in [-0.3, -0.25) is 4.57 Å². The Hall–Kier alpha value is -14.7. The van der Waals surface area contributed by atoms with E-state index in [2.05, 4.69) is 267 Å². The predicted molar refractivity (Wildman–Crippen MR) is 446 cm³/mol. The standard InChI is InChI=1S/C51H34N4O.C48H29N5O/c1-51(2)40-21-11-9-18-37(40)39-30-35(28-29-41(39)51)50-54-48(33-16-7-4-8-17-33)53-49(55-50)34-26-24-32(25-27-34)46-45-38-19-10-12-23-43(38)56-47(45)44-36(20-13-22-42(44)52-46)31-14-5-3-6-15-31;1-3-14-30(15-4-1)34-21-13-22-38-42(34)45-43(37-20-9-12-25-41(37)54-45)44(49-38)31-26-28-33(29-27-31)47-50-46(32-16-5-2-6-17-32)51-48(52-47)53-39-23-10-7-18-35(39)36-19-8-11-24-40(36)53/h3-30H,1-2H3;1-29H. The Kier molecular flexibility index (Phi) is 15.0. The molecule has 7 heterocycles. The summed E-state index contributed by atoms with van der Waals surface area (Å²) in [6.07, 6.45) is 0. The third-order valence-corrected chi connectivity index (χ3v) is 21.6. The molecule has 0 spiro atoms. The zero-order valence-electron chi connectivity index (χ0n) is 59.8. The van der Waals surface area contributed by atoms with Crippen molar-refractivity contribution in [3.05, 3.63) is 357 Å². The summed E-state index contributed by atoms with van der Waals surface area (Å²) in [5, 5.41) is 8.38. The molecule has 0 N–H and O–H groups in total. The van der Waals surface area contributed by atoms with Crippen LogP contribution in [-0.4, -0.2) is 44.4 Å². The van der Waals surface area contributed by atoms with Crippen LogP contribution >= 0.6 is 0 Å². The second kappa shape index (κ2) is 25.8. The number of aromatic nitrogens is 9. The van der Waals surface area contributed by atoms with Gasteiger partial charge in [-0.25, -0.2) is 29.9 Å². The molecule has 0 fully saturated rings. The molecule has 22 rings (SSSR count). The fraction of sp³-hybridized carbons (Fsp3) is 0.0303. The van der Waals surface area contributed by atoms with Crippen LogP contribution in [0.1, 0.15) is 25.0 Å². The molecule has 1 aliphatic rings. The van der Waals surface area contributed by atoms with Gasteiger partial charge < -0.3 is 8.83 Å². The first-order chi connectivity index (χ1) is 54.3. The highest BCUT2D eigenvalue weighted by Gasteiger charge is 2.36. The van der Waals surface area contributed by atoms with Gasteiger partial charge in [-0.15, -0.1) is 0 Å². The molecule has 0 aliphatic heterocycles. The van der Waals surface area contributed by atoms with E-state index in [1.807, 2.05) is 97.1 Å². The molecular weight excluding hydrogens is 1350 g/mol. The molecule has 0 saturated carbocycles. The molecule has 7 aromatic heterocycles. The summed E-state index contributed by atoms with van der Waals surface area (Å²) in [4.78, 5) is 41.2. The van der Waals surface area contributed by atoms with Crippen LogP contribution < -0.4 is 0 Å². The molecule has 110 heavy (non-hydrogen) atoms. The number of nitrogens with zero attached hydrogens (tertiary/aromatic N) is 9. The molecule has 21 aromatic rings. The Morgan fingerprint density at radius 1 is 0.245 bits per heavy atom. The first-order valence-corrected chi connectivity index (χ1v) is 37.0. The molecule has 0 amide bonds. The topological polar surface area (TPSA) is 134 Å². The van der Waals surface area contributed by atoms with Crippen LogP contribution in [0.5, 0.6) is 0 Å². The summed E-state index contributed by atoms with van der Waals surface area (Å²) in [5.74, 6) is 3.65. The maximum absolute atomic E-state index is 6.69. The highest BCUT2D eigenvalue weighted by molar-refractivity contribution is 6.24. The number of benzene rings is 14. The molecule has 516 valence electrons. The third kappa shape index (κ3) is 10.6. The van der Waals surface area contributed by atoms with Crippen molar-refractivity contribution < 1.29 is 8.83 Å². The normalized spacial score (nSPS) is 12.3. The van der Waals surface area contributed by atoms with Crippen molar-refractivity contribution in [3.8, 4) is 119 Å². The summed E-state index contributed by atoms with van der Waals surface area (Å²) < 4.78 is 15.5. The number of fused-ring (bicyclic) bond motifs is 16. The molecule has 14 aromatic carbocycles. The fourth-order valence-corrected chi connectivity index (χ4v) is 16.4. The van der Waals surface area contributed by atoms with Gasteiger partial charge in [0.1, 0.15) is 22.3 Å². The van der Waals surface area contributed by atoms with Crippen LogP contribution in [0.4, 0.5) is 0 Å². The molecule has 11 heteroatoms. The van der Waals surface area contributed by atoms with Crippen molar-refractivity contribution in [2.24, 2.45) is 0 Å². The lowest BCUT2D eigenvalue weighted by atomic mass is 9.82.